The van der Waals surface area contributed by atoms with Crippen molar-refractivity contribution >= 4 is 40.5 Å². The summed E-state index contributed by atoms with van der Waals surface area (Å²) in [5.41, 5.74) is 4.40. The summed E-state index contributed by atoms with van der Waals surface area (Å²) < 4.78 is 0. The lowest BCUT2D eigenvalue weighted by Gasteiger charge is -2.38. The van der Waals surface area contributed by atoms with Crippen molar-refractivity contribution in [3.8, 4) is 0 Å². The lowest BCUT2D eigenvalue weighted by atomic mass is 9.98. The van der Waals surface area contributed by atoms with Gasteiger partial charge in [0.15, 0.2) is 0 Å². The lowest BCUT2D eigenvalue weighted by Crippen LogP contribution is -2.43. The number of benzene rings is 3. The largest absolute Gasteiger partial charge is 0.360 e. The normalized spacial score (nSPS) is 16.1. The minimum Gasteiger partial charge on any atom is -0.360 e. The number of hydrogen-bond donors (Lipinski definition) is 1. The fourth-order valence-electron chi connectivity index (χ4n) is 3.45. The van der Waals surface area contributed by atoms with Crippen LogP contribution in [0.3, 0.4) is 0 Å². The molecule has 1 amide bonds. The molecule has 0 saturated heterocycles. The molecular formula is C23H20Cl2N2O. The van der Waals surface area contributed by atoms with Crippen LogP contribution in [0, 0.1) is 0 Å². The quantitative estimate of drug-likeness (QED) is 0.509. The number of anilines is 2. The second kappa shape index (κ2) is 7.50. The Bertz CT molecular complexity index is 1030. The van der Waals surface area contributed by atoms with Gasteiger partial charge in [0.25, 0.3) is 5.91 Å². The highest BCUT2D eigenvalue weighted by molar-refractivity contribution is 6.42. The first-order valence-electron chi connectivity index (χ1n) is 9.19. The molecular weight excluding hydrogens is 391 g/mol. The van der Waals surface area contributed by atoms with E-state index in [1.54, 1.807) is 17.0 Å². The van der Waals surface area contributed by atoms with Gasteiger partial charge in [-0.25, -0.2) is 0 Å². The Labute approximate surface area is 174 Å². The average molecular weight is 411 g/mol. The van der Waals surface area contributed by atoms with Gasteiger partial charge < -0.3 is 5.32 Å². The number of carbonyl (C=O) groups excluding carboxylic acids is 1. The second-order valence-corrected chi connectivity index (χ2v) is 8.00. The second-order valence-electron chi connectivity index (χ2n) is 7.19. The SMILES string of the molecule is CC(C)c1ccc([C@H]2Nc3ccccc3C(=O)N2c2ccc(Cl)c(Cl)c2)cc1. The molecule has 0 saturated carbocycles. The van der Waals surface area contributed by atoms with Crippen molar-refractivity contribution in [2.24, 2.45) is 0 Å². The predicted molar refractivity (Wildman–Crippen MR) is 117 cm³/mol. The van der Waals surface area contributed by atoms with Gasteiger partial charge in [-0.2, -0.15) is 0 Å². The molecule has 1 aliphatic rings. The van der Waals surface area contributed by atoms with E-state index >= 15 is 0 Å². The summed E-state index contributed by atoms with van der Waals surface area (Å²) in [6.45, 7) is 4.32. The number of amides is 1. The first-order valence-corrected chi connectivity index (χ1v) is 9.95. The monoisotopic (exact) mass is 410 g/mol. The molecule has 0 radical (unpaired) electrons. The summed E-state index contributed by atoms with van der Waals surface area (Å²) in [5, 5.41) is 4.38. The summed E-state index contributed by atoms with van der Waals surface area (Å²) in [4.78, 5) is 15.1. The Hall–Kier alpha value is -2.49. The zero-order valence-corrected chi connectivity index (χ0v) is 17.1. The van der Waals surface area contributed by atoms with Gasteiger partial charge in [0.1, 0.15) is 6.17 Å². The molecule has 1 atom stereocenters. The van der Waals surface area contributed by atoms with Crippen molar-refractivity contribution in [3.05, 3.63) is 93.5 Å². The molecule has 142 valence electrons. The Morgan fingerprint density at radius 2 is 1.64 bits per heavy atom. The number of fused-ring (bicyclic) bond motifs is 1. The number of hydrogen-bond acceptors (Lipinski definition) is 2. The van der Waals surface area contributed by atoms with E-state index in [1.807, 2.05) is 30.3 Å². The van der Waals surface area contributed by atoms with E-state index in [-0.39, 0.29) is 12.1 Å². The highest BCUT2D eigenvalue weighted by atomic mass is 35.5. The van der Waals surface area contributed by atoms with Crippen LogP contribution in [0.25, 0.3) is 0 Å². The molecule has 3 aromatic carbocycles. The number of halogens is 2. The van der Waals surface area contributed by atoms with Gasteiger partial charge in [0.05, 0.1) is 15.6 Å². The summed E-state index contributed by atoms with van der Waals surface area (Å²) in [6, 6.07) is 21.2. The standard InChI is InChI=1S/C23H20Cl2N2O/c1-14(2)15-7-9-16(10-8-15)22-26-21-6-4-3-5-18(21)23(28)27(22)17-11-12-19(24)20(25)13-17/h3-14,22,26H,1-2H3/t22-/m0/s1. The summed E-state index contributed by atoms with van der Waals surface area (Å²) in [5.74, 6) is 0.368. The first-order chi connectivity index (χ1) is 13.5. The van der Waals surface area contributed by atoms with Crippen molar-refractivity contribution in [1.29, 1.82) is 0 Å². The van der Waals surface area contributed by atoms with Crippen molar-refractivity contribution in [3.63, 3.8) is 0 Å². The number of nitrogens with one attached hydrogen (secondary N) is 1. The first kappa shape index (κ1) is 18.9. The van der Waals surface area contributed by atoms with Crippen molar-refractivity contribution in [1.82, 2.24) is 0 Å². The maximum absolute atomic E-state index is 13.4. The Kier molecular flexibility index (Phi) is 5.05. The molecule has 1 N–H and O–H groups in total. The van der Waals surface area contributed by atoms with Gasteiger partial charge in [-0.15, -0.1) is 0 Å². The van der Waals surface area contributed by atoms with Gasteiger partial charge in [-0.05, 0) is 47.4 Å². The van der Waals surface area contributed by atoms with E-state index in [9.17, 15) is 4.79 Å². The van der Waals surface area contributed by atoms with Crippen LogP contribution in [-0.4, -0.2) is 5.91 Å². The van der Waals surface area contributed by atoms with Gasteiger partial charge in [-0.1, -0.05) is 73.4 Å². The zero-order chi connectivity index (χ0) is 19.8. The third kappa shape index (κ3) is 3.36. The van der Waals surface area contributed by atoms with Gasteiger partial charge in [0.2, 0.25) is 0 Å². The molecule has 0 unspecified atom stereocenters. The topological polar surface area (TPSA) is 32.3 Å². The molecule has 1 aliphatic heterocycles. The minimum absolute atomic E-state index is 0.0781. The van der Waals surface area contributed by atoms with Crippen LogP contribution >= 0.6 is 23.2 Å². The van der Waals surface area contributed by atoms with E-state index in [4.69, 9.17) is 23.2 Å². The Morgan fingerprint density at radius 1 is 0.929 bits per heavy atom. The van der Waals surface area contributed by atoms with Crippen molar-refractivity contribution < 1.29 is 4.79 Å². The van der Waals surface area contributed by atoms with Gasteiger partial charge in [0, 0.05) is 11.4 Å². The maximum atomic E-state index is 13.4. The van der Waals surface area contributed by atoms with Crippen LogP contribution in [0.1, 0.15) is 47.4 Å². The van der Waals surface area contributed by atoms with Crippen LogP contribution < -0.4 is 10.2 Å². The van der Waals surface area contributed by atoms with Crippen LogP contribution in [-0.2, 0) is 0 Å². The van der Waals surface area contributed by atoms with Crippen LogP contribution in [0.15, 0.2) is 66.7 Å². The average Bonchev–Trinajstić information content (AvgIpc) is 2.70. The molecule has 1 heterocycles. The van der Waals surface area contributed by atoms with E-state index in [1.165, 1.54) is 5.56 Å². The van der Waals surface area contributed by atoms with Gasteiger partial charge in [-0.3, -0.25) is 9.69 Å². The molecule has 0 bridgehead atoms. The molecule has 5 heteroatoms. The molecule has 0 fully saturated rings. The van der Waals surface area contributed by atoms with Crippen LogP contribution in [0.2, 0.25) is 10.0 Å². The van der Waals surface area contributed by atoms with Crippen LogP contribution in [0.4, 0.5) is 11.4 Å². The highest BCUT2D eigenvalue weighted by Gasteiger charge is 2.34. The number of rotatable bonds is 3. The molecule has 28 heavy (non-hydrogen) atoms. The minimum atomic E-state index is -0.346. The molecule has 3 aromatic rings. The third-order valence-electron chi connectivity index (χ3n) is 5.03. The van der Waals surface area contributed by atoms with E-state index < -0.39 is 0 Å². The molecule has 0 aromatic heterocycles. The number of nitrogens with zero attached hydrogens (tertiary/aromatic N) is 1. The zero-order valence-electron chi connectivity index (χ0n) is 15.6. The maximum Gasteiger partial charge on any atom is 0.262 e. The Morgan fingerprint density at radius 3 is 2.32 bits per heavy atom. The molecule has 3 nitrogen and oxygen atoms in total. The number of para-hydroxylation sites is 1. The summed E-state index contributed by atoms with van der Waals surface area (Å²) >= 11 is 12.3. The van der Waals surface area contributed by atoms with Crippen molar-refractivity contribution in [2.75, 3.05) is 10.2 Å². The summed E-state index contributed by atoms with van der Waals surface area (Å²) in [7, 11) is 0. The lowest BCUT2D eigenvalue weighted by molar-refractivity contribution is 0.0975. The Balaban J connectivity index is 1.83. The predicted octanol–water partition coefficient (Wildman–Crippen LogP) is 6.89. The highest BCUT2D eigenvalue weighted by Crippen LogP contribution is 2.38. The van der Waals surface area contributed by atoms with E-state index in [2.05, 4.69) is 43.4 Å². The molecule has 4 rings (SSSR count). The molecule has 0 aliphatic carbocycles. The van der Waals surface area contributed by atoms with Crippen molar-refractivity contribution in [2.45, 2.75) is 25.9 Å². The third-order valence-corrected chi connectivity index (χ3v) is 5.77. The van der Waals surface area contributed by atoms with Gasteiger partial charge >= 0.3 is 0 Å². The summed E-state index contributed by atoms with van der Waals surface area (Å²) in [6.07, 6.45) is -0.346. The van der Waals surface area contributed by atoms with Crippen LogP contribution in [0.5, 0.6) is 0 Å². The van der Waals surface area contributed by atoms with E-state index in [0.29, 0.717) is 27.2 Å². The molecule has 0 spiro atoms. The van der Waals surface area contributed by atoms with E-state index in [0.717, 1.165) is 11.3 Å². The number of carbonyl (C=O) groups is 1. The fraction of sp³-hybridized carbons (Fsp3) is 0.174. The fourth-order valence-corrected chi connectivity index (χ4v) is 3.74. The smallest absolute Gasteiger partial charge is 0.262 e.